The molecule has 0 aliphatic carbocycles. The van der Waals surface area contributed by atoms with E-state index in [9.17, 15) is 0 Å². The molecule has 3 aromatic rings. The second-order valence-corrected chi connectivity index (χ2v) is 6.75. The second-order valence-electron chi connectivity index (χ2n) is 6.75. The number of phenols is 6. The molecule has 6 N–H and O–H groups in total. The van der Waals surface area contributed by atoms with Crippen LogP contribution in [-0.2, 0) is 0 Å². The molecule has 6 heteroatoms. The van der Waals surface area contributed by atoms with Crippen molar-refractivity contribution in [2.45, 2.75) is 34.6 Å². The van der Waals surface area contributed by atoms with Gasteiger partial charge >= 0.3 is 0 Å². The summed E-state index contributed by atoms with van der Waals surface area (Å²) in [7, 11) is 0. The van der Waals surface area contributed by atoms with E-state index in [1.54, 1.807) is 46.8 Å². The first-order valence-electron chi connectivity index (χ1n) is 8.90. The van der Waals surface area contributed by atoms with Gasteiger partial charge in [-0.25, -0.2) is 0 Å². The summed E-state index contributed by atoms with van der Waals surface area (Å²) in [6, 6.07) is 10.5. The van der Waals surface area contributed by atoms with Crippen LogP contribution in [0.1, 0.15) is 27.8 Å². The van der Waals surface area contributed by atoms with Crippen molar-refractivity contribution in [3.05, 3.63) is 70.3 Å². The molecule has 0 bridgehead atoms. The molecular formula is C23H28O6. The normalized spacial score (nSPS) is 9.69. The molecule has 0 amide bonds. The number of aryl methyl sites for hydroxylation is 3. The van der Waals surface area contributed by atoms with Crippen LogP contribution >= 0.6 is 0 Å². The first kappa shape index (κ1) is 23.5. The summed E-state index contributed by atoms with van der Waals surface area (Å²) in [5, 5.41) is 54.2. The average Bonchev–Trinajstić information content (AvgIpc) is 2.66. The maximum atomic E-state index is 9.11. The number of hydrogen-bond acceptors (Lipinski definition) is 6. The van der Waals surface area contributed by atoms with Crippen LogP contribution in [0.25, 0.3) is 0 Å². The second kappa shape index (κ2) is 10.1. The number of phenolic OH excluding ortho intramolecular Hbond substituents is 6. The lowest BCUT2D eigenvalue weighted by Gasteiger charge is -2.03. The molecule has 0 heterocycles. The highest BCUT2D eigenvalue weighted by molar-refractivity contribution is 5.45. The van der Waals surface area contributed by atoms with Crippen LogP contribution in [0, 0.1) is 34.6 Å². The number of rotatable bonds is 0. The highest BCUT2D eigenvalue weighted by Gasteiger charge is 2.02. The zero-order chi connectivity index (χ0) is 22.3. The Morgan fingerprint density at radius 3 is 1.10 bits per heavy atom. The summed E-state index contributed by atoms with van der Waals surface area (Å²) < 4.78 is 0. The summed E-state index contributed by atoms with van der Waals surface area (Å²) in [4.78, 5) is 0. The van der Waals surface area contributed by atoms with Gasteiger partial charge in [-0.3, -0.25) is 0 Å². The van der Waals surface area contributed by atoms with Gasteiger partial charge in [0, 0.05) is 0 Å². The number of benzene rings is 3. The minimum Gasteiger partial charge on any atom is -0.508 e. The van der Waals surface area contributed by atoms with Crippen LogP contribution in [0.15, 0.2) is 42.5 Å². The monoisotopic (exact) mass is 400 g/mol. The Morgan fingerprint density at radius 1 is 0.414 bits per heavy atom. The maximum absolute atomic E-state index is 9.11. The molecule has 0 unspecified atom stereocenters. The van der Waals surface area contributed by atoms with E-state index in [0.717, 1.165) is 11.1 Å². The predicted molar refractivity (Wildman–Crippen MR) is 113 cm³/mol. The Morgan fingerprint density at radius 2 is 0.759 bits per heavy atom. The summed E-state index contributed by atoms with van der Waals surface area (Å²) in [5.41, 5.74) is 3.56. The predicted octanol–water partition coefficient (Wildman–Crippen LogP) is 4.84. The van der Waals surface area contributed by atoms with Gasteiger partial charge in [0.15, 0.2) is 0 Å². The molecule has 0 aromatic heterocycles. The van der Waals surface area contributed by atoms with Gasteiger partial charge in [-0.1, -0.05) is 0 Å². The van der Waals surface area contributed by atoms with Crippen molar-refractivity contribution in [2.75, 3.05) is 0 Å². The molecule has 0 fully saturated rings. The van der Waals surface area contributed by atoms with Crippen LogP contribution < -0.4 is 0 Å². The zero-order valence-electron chi connectivity index (χ0n) is 17.2. The first-order valence-corrected chi connectivity index (χ1v) is 8.90. The third kappa shape index (κ3) is 6.84. The molecule has 0 aliphatic rings. The van der Waals surface area contributed by atoms with E-state index >= 15 is 0 Å². The Hall–Kier alpha value is -3.54. The van der Waals surface area contributed by atoms with E-state index in [1.807, 2.05) is 0 Å². The van der Waals surface area contributed by atoms with Gasteiger partial charge in [0.25, 0.3) is 0 Å². The lowest BCUT2D eigenvalue weighted by Crippen LogP contribution is -1.81. The molecule has 0 radical (unpaired) electrons. The smallest absolute Gasteiger partial charge is 0.119 e. The van der Waals surface area contributed by atoms with E-state index in [0.29, 0.717) is 16.7 Å². The van der Waals surface area contributed by atoms with Crippen molar-refractivity contribution < 1.29 is 30.6 Å². The highest BCUT2D eigenvalue weighted by Crippen LogP contribution is 2.26. The minimum absolute atomic E-state index is 0.185. The summed E-state index contributed by atoms with van der Waals surface area (Å²) in [6.07, 6.45) is 0. The van der Waals surface area contributed by atoms with Crippen molar-refractivity contribution in [2.24, 2.45) is 0 Å². The third-order valence-electron chi connectivity index (χ3n) is 4.42. The standard InChI is InChI=1S/2C8H10O2.C7H8O2/c1-5-3-8(10)6(2)4-7(5)9;1-5-6(2)8(10)4-3-7(5)9;1-5-4-6(8)2-3-7(5)9/h2*3-4,9-10H,1-2H3;2-4,8-9H,1H3. The lowest BCUT2D eigenvalue weighted by molar-refractivity contribution is 0.453. The van der Waals surface area contributed by atoms with Crippen molar-refractivity contribution in [1.82, 2.24) is 0 Å². The Balaban J connectivity index is 0.000000218. The van der Waals surface area contributed by atoms with Gasteiger partial charge in [0.2, 0.25) is 0 Å². The van der Waals surface area contributed by atoms with Gasteiger partial charge in [-0.15, -0.1) is 0 Å². The molecule has 0 aliphatic heterocycles. The van der Waals surface area contributed by atoms with E-state index in [4.69, 9.17) is 30.6 Å². The summed E-state index contributed by atoms with van der Waals surface area (Å²) in [6.45, 7) is 8.76. The van der Waals surface area contributed by atoms with Crippen molar-refractivity contribution in [1.29, 1.82) is 0 Å². The molecule has 3 rings (SSSR count). The highest BCUT2D eigenvalue weighted by atomic mass is 16.3. The molecule has 0 saturated heterocycles. The molecule has 3 aromatic carbocycles. The fourth-order valence-electron chi connectivity index (χ4n) is 2.22. The quantitative estimate of drug-likeness (QED) is 0.300. The summed E-state index contributed by atoms with van der Waals surface area (Å²) >= 11 is 0. The lowest BCUT2D eigenvalue weighted by atomic mass is 10.1. The Bertz CT molecular complexity index is 902. The van der Waals surface area contributed by atoms with Crippen molar-refractivity contribution in [3.63, 3.8) is 0 Å². The Kier molecular flexibility index (Phi) is 8.21. The SMILES string of the molecule is Cc1c(O)ccc(O)c1C.Cc1cc(O)c(C)cc1O.Cc1cc(O)ccc1O. The van der Waals surface area contributed by atoms with E-state index in [1.165, 1.54) is 30.3 Å². The minimum atomic E-state index is 0.185. The Labute approximate surface area is 170 Å². The van der Waals surface area contributed by atoms with Crippen LogP contribution in [0.2, 0.25) is 0 Å². The summed E-state index contributed by atoms with van der Waals surface area (Å²) in [5.74, 6) is 1.33. The maximum Gasteiger partial charge on any atom is 0.119 e. The van der Waals surface area contributed by atoms with Gasteiger partial charge in [-0.2, -0.15) is 0 Å². The van der Waals surface area contributed by atoms with Crippen molar-refractivity contribution >= 4 is 0 Å². The van der Waals surface area contributed by atoms with Gasteiger partial charge < -0.3 is 30.6 Å². The molecule has 156 valence electrons. The topological polar surface area (TPSA) is 121 Å². The van der Waals surface area contributed by atoms with E-state index < -0.39 is 0 Å². The fourth-order valence-corrected chi connectivity index (χ4v) is 2.22. The number of aromatic hydroxyl groups is 6. The van der Waals surface area contributed by atoms with Crippen molar-refractivity contribution in [3.8, 4) is 34.5 Å². The van der Waals surface area contributed by atoms with Gasteiger partial charge in [0.05, 0.1) is 0 Å². The largest absolute Gasteiger partial charge is 0.508 e. The van der Waals surface area contributed by atoms with Gasteiger partial charge in [-0.05, 0) is 105 Å². The fraction of sp³-hybridized carbons (Fsp3) is 0.217. The van der Waals surface area contributed by atoms with Crippen LogP contribution in [-0.4, -0.2) is 30.6 Å². The van der Waals surface area contributed by atoms with Crippen LogP contribution in [0.3, 0.4) is 0 Å². The van der Waals surface area contributed by atoms with E-state index in [-0.39, 0.29) is 34.5 Å². The molecule has 6 nitrogen and oxygen atoms in total. The number of hydrogen-bond donors (Lipinski definition) is 6. The van der Waals surface area contributed by atoms with Gasteiger partial charge in [0.1, 0.15) is 34.5 Å². The first-order chi connectivity index (χ1) is 13.4. The molecule has 29 heavy (non-hydrogen) atoms. The molecule has 0 atom stereocenters. The third-order valence-corrected chi connectivity index (χ3v) is 4.42. The zero-order valence-corrected chi connectivity index (χ0v) is 17.2. The molecule has 0 spiro atoms. The molecule has 0 saturated carbocycles. The van der Waals surface area contributed by atoms with Crippen LogP contribution in [0.5, 0.6) is 34.5 Å². The van der Waals surface area contributed by atoms with E-state index in [2.05, 4.69) is 0 Å². The molecular weight excluding hydrogens is 372 g/mol. The van der Waals surface area contributed by atoms with Crippen LogP contribution in [0.4, 0.5) is 0 Å². The average molecular weight is 400 g/mol.